The molecule has 1 atom stereocenters. The van der Waals surface area contributed by atoms with Gasteiger partial charge in [-0.15, -0.1) is 0 Å². The Balaban J connectivity index is 1.95. The summed E-state index contributed by atoms with van der Waals surface area (Å²) in [4.78, 5) is 22.5. The molecule has 2 amide bonds. The SMILES string of the molecule is Cn1cc(NC(=O)C2CNC(=O)C2)cn1. The fraction of sp³-hybridized carbons (Fsp3) is 0.444. The smallest absolute Gasteiger partial charge is 0.229 e. The fourth-order valence-corrected chi connectivity index (χ4v) is 1.52. The summed E-state index contributed by atoms with van der Waals surface area (Å²) < 4.78 is 1.60. The Hall–Kier alpha value is -1.85. The first-order valence-corrected chi connectivity index (χ1v) is 4.71. The summed E-state index contributed by atoms with van der Waals surface area (Å²) in [7, 11) is 1.77. The Bertz CT molecular complexity index is 399. The van der Waals surface area contributed by atoms with E-state index in [1.807, 2.05) is 0 Å². The number of amides is 2. The molecule has 2 heterocycles. The number of nitrogens with one attached hydrogen (secondary N) is 2. The van der Waals surface area contributed by atoms with Gasteiger partial charge in [-0.2, -0.15) is 5.10 Å². The van der Waals surface area contributed by atoms with Crippen LogP contribution in [-0.4, -0.2) is 28.1 Å². The second-order valence-corrected chi connectivity index (χ2v) is 3.60. The maximum absolute atomic E-state index is 11.6. The van der Waals surface area contributed by atoms with E-state index in [1.165, 1.54) is 0 Å². The van der Waals surface area contributed by atoms with Gasteiger partial charge in [0.05, 0.1) is 17.8 Å². The minimum Gasteiger partial charge on any atom is -0.355 e. The van der Waals surface area contributed by atoms with E-state index in [1.54, 1.807) is 24.1 Å². The van der Waals surface area contributed by atoms with Crippen molar-refractivity contribution >= 4 is 17.5 Å². The van der Waals surface area contributed by atoms with Crippen LogP contribution in [0.5, 0.6) is 0 Å². The number of nitrogens with zero attached hydrogens (tertiary/aromatic N) is 2. The summed E-state index contributed by atoms with van der Waals surface area (Å²) >= 11 is 0. The molecule has 0 saturated carbocycles. The van der Waals surface area contributed by atoms with Gasteiger partial charge in [-0.3, -0.25) is 14.3 Å². The topological polar surface area (TPSA) is 76.0 Å². The van der Waals surface area contributed by atoms with Gasteiger partial charge in [0, 0.05) is 26.2 Å². The molecule has 15 heavy (non-hydrogen) atoms. The number of hydrogen-bond acceptors (Lipinski definition) is 3. The molecule has 6 nitrogen and oxygen atoms in total. The average Bonchev–Trinajstić information content (AvgIpc) is 2.75. The van der Waals surface area contributed by atoms with Gasteiger partial charge < -0.3 is 10.6 Å². The molecule has 2 N–H and O–H groups in total. The molecule has 1 aliphatic heterocycles. The molecular formula is C9H12N4O2. The summed E-state index contributed by atoms with van der Waals surface area (Å²) in [6, 6.07) is 0. The van der Waals surface area contributed by atoms with Crippen molar-refractivity contribution in [1.29, 1.82) is 0 Å². The Labute approximate surface area is 86.6 Å². The first-order chi connectivity index (χ1) is 7.15. The van der Waals surface area contributed by atoms with Crippen molar-refractivity contribution in [2.24, 2.45) is 13.0 Å². The van der Waals surface area contributed by atoms with Crippen molar-refractivity contribution in [3.63, 3.8) is 0 Å². The van der Waals surface area contributed by atoms with E-state index in [2.05, 4.69) is 15.7 Å². The van der Waals surface area contributed by atoms with Crippen LogP contribution in [0.15, 0.2) is 12.4 Å². The maximum atomic E-state index is 11.6. The van der Waals surface area contributed by atoms with Crippen LogP contribution in [0, 0.1) is 5.92 Å². The lowest BCUT2D eigenvalue weighted by Crippen LogP contribution is -2.24. The van der Waals surface area contributed by atoms with Crippen LogP contribution in [0.3, 0.4) is 0 Å². The lowest BCUT2D eigenvalue weighted by atomic mass is 10.1. The van der Waals surface area contributed by atoms with Gasteiger partial charge in [0.15, 0.2) is 0 Å². The van der Waals surface area contributed by atoms with E-state index in [0.29, 0.717) is 12.2 Å². The fourth-order valence-electron chi connectivity index (χ4n) is 1.52. The van der Waals surface area contributed by atoms with E-state index >= 15 is 0 Å². The number of rotatable bonds is 2. The van der Waals surface area contributed by atoms with Crippen LogP contribution in [-0.2, 0) is 16.6 Å². The largest absolute Gasteiger partial charge is 0.355 e. The third-order valence-corrected chi connectivity index (χ3v) is 2.32. The predicted molar refractivity (Wildman–Crippen MR) is 53.0 cm³/mol. The van der Waals surface area contributed by atoms with Gasteiger partial charge >= 0.3 is 0 Å². The van der Waals surface area contributed by atoms with E-state index in [0.717, 1.165) is 0 Å². The van der Waals surface area contributed by atoms with E-state index in [-0.39, 0.29) is 24.2 Å². The number of carbonyl (C=O) groups excluding carboxylic acids is 2. The van der Waals surface area contributed by atoms with Gasteiger partial charge in [0.2, 0.25) is 11.8 Å². The van der Waals surface area contributed by atoms with Crippen LogP contribution in [0.4, 0.5) is 5.69 Å². The zero-order valence-electron chi connectivity index (χ0n) is 8.36. The highest BCUT2D eigenvalue weighted by atomic mass is 16.2. The third kappa shape index (κ3) is 2.15. The molecular weight excluding hydrogens is 196 g/mol. The molecule has 0 radical (unpaired) electrons. The second-order valence-electron chi connectivity index (χ2n) is 3.60. The van der Waals surface area contributed by atoms with Crippen molar-refractivity contribution in [3.8, 4) is 0 Å². The van der Waals surface area contributed by atoms with Crippen LogP contribution in [0.25, 0.3) is 0 Å². The minimum absolute atomic E-state index is 0.0682. The predicted octanol–water partition coefficient (Wildman–Crippen LogP) is -0.505. The summed E-state index contributed by atoms with van der Waals surface area (Å²) in [6.07, 6.45) is 3.55. The summed E-state index contributed by atoms with van der Waals surface area (Å²) in [5.41, 5.74) is 0.654. The quantitative estimate of drug-likeness (QED) is 0.687. The van der Waals surface area contributed by atoms with Gasteiger partial charge in [0.25, 0.3) is 0 Å². The van der Waals surface area contributed by atoms with Crippen LogP contribution >= 0.6 is 0 Å². The maximum Gasteiger partial charge on any atom is 0.229 e. The lowest BCUT2D eigenvalue weighted by Gasteiger charge is -2.06. The van der Waals surface area contributed by atoms with Crippen LogP contribution in [0.1, 0.15) is 6.42 Å². The highest BCUT2D eigenvalue weighted by molar-refractivity contribution is 5.96. The van der Waals surface area contributed by atoms with Gasteiger partial charge in [-0.05, 0) is 0 Å². The number of aromatic nitrogens is 2. The Morgan fingerprint density at radius 1 is 1.73 bits per heavy atom. The molecule has 1 fully saturated rings. The highest BCUT2D eigenvalue weighted by Crippen LogP contribution is 2.12. The molecule has 6 heteroatoms. The monoisotopic (exact) mass is 208 g/mol. The van der Waals surface area contributed by atoms with E-state index < -0.39 is 0 Å². The first-order valence-electron chi connectivity index (χ1n) is 4.71. The molecule has 1 saturated heterocycles. The van der Waals surface area contributed by atoms with Gasteiger partial charge in [-0.1, -0.05) is 0 Å². The number of carbonyl (C=O) groups is 2. The number of hydrogen-bond donors (Lipinski definition) is 2. The molecule has 1 unspecified atom stereocenters. The Morgan fingerprint density at radius 2 is 2.53 bits per heavy atom. The first kappa shape index (κ1) is 9.70. The zero-order chi connectivity index (χ0) is 10.8. The minimum atomic E-state index is -0.266. The van der Waals surface area contributed by atoms with Gasteiger partial charge in [-0.25, -0.2) is 0 Å². The van der Waals surface area contributed by atoms with Crippen molar-refractivity contribution in [1.82, 2.24) is 15.1 Å². The van der Waals surface area contributed by atoms with E-state index in [9.17, 15) is 9.59 Å². The third-order valence-electron chi connectivity index (χ3n) is 2.32. The lowest BCUT2D eigenvalue weighted by molar-refractivity contribution is -0.123. The molecule has 2 rings (SSSR count). The summed E-state index contributed by atoms with van der Waals surface area (Å²) in [6.45, 7) is 0.422. The molecule has 1 aromatic rings. The van der Waals surface area contributed by atoms with E-state index in [4.69, 9.17) is 0 Å². The Morgan fingerprint density at radius 3 is 3.07 bits per heavy atom. The summed E-state index contributed by atoms with van der Waals surface area (Å²) in [5, 5.41) is 9.26. The number of aryl methyl sites for hydroxylation is 1. The molecule has 0 aliphatic carbocycles. The molecule has 1 aromatic heterocycles. The van der Waals surface area contributed by atoms with Crippen LogP contribution < -0.4 is 10.6 Å². The van der Waals surface area contributed by atoms with Crippen molar-refractivity contribution in [2.45, 2.75) is 6.42 Å². The molecule has 0 aromatic carbocycles. The second kappa shape index (κ2) is 3.72. The number of anilines is 1. The van der Waals surface area contributed by atoms with Gasteiger partial charge in [0.1, 0.15) is 0 Å². The molecule has 1 aliphatic rings. The van der Waals surface area contributed by atoms with Crippen LogP contribution in [0.2, 0.25) is 0 Å². The highest BCUT2D eigenvalue weighted by Gasteiger charge is 2.27. The molecule has 80 valence electrons. The van der Waals surface area contributed by atoms with Crippen molar-refractivity contribution < 1.29 is 9.59 Å². The summed E-state index contributed by atoms with van der Waals surface area (Å²) in [5.74, 6) is -0.472. The molecule has 0 spiro atoms. The normalized spacial score (nSPS) is 20.1. The van der Waals surface area contributed by atoms with Crippen molar-refractivity contribution in [2.75, 3.05) is 11.9 Å². The standard InChI is InChI=1S/C9H12N4O2/c1-13-5-7(4-11-13)12-9(15)6-2-8(14)10-3-6/h4-6H,2-3H2,1H3,(H,10,14)(H,12,15). The molecule has 0 bridgehead atoms. The Kier molecular flexibility index (Phi) is 2.40. The zero-order valence-corrected chi connectivity index (χ0v) is 8.36. The van der Waals surface area contributed by atoms with Crippen molar-refractivity contribution in [3.05, 3.63) is 12.4 Å². The average molecular weight is 208 g/mol.